The van der Waals surface area contributed by atoms with Crippen LogP contribution in [-0.2, 0) is 15.6 Å². The van der Waals surface area contributed by atoms with Crippen LogP contribution in [0.15, 0.2) is 51.9 Å². The number of aromatic nitrogens is 2. The maximum atomic E-state index is 13.4. The molecular formula is C24H28N4O5S. The summed E-state index contributed by atoms with van der Waals surface area (Å²) in [6.07, 6.45) is 3.21. The van der Waals surface area contributed by atoms with Gasteiger partial charge in [-0.2, -0.15) is 4.98 Å². The second-order valence-electron chi connectivity index (χ2n) is 8.50. The van der Waals surface area contributed by atoms with Crippen molar-refractivity contribution in [2.45, 2.75) is 50.0 Å². The third-order valence-corrected chi connectivity index (χ3v) is 8.07. The molecule has 0 atom stereocenters. The van der Waals surface area contributed by atoms with Crippen LogP contribution in [0.4, 0.5) is 5.69 Å². The molecule has 1 N–H and O–H groups in total. The molecule has 0 aliphatic heterocycles. The number of carbonyl (C=O) groups is 1. The average molecular weight is 485 g/mol. The quantitative estimate of drug-likeness (QED) is 0.543. The molecule has 1 amide bonds. The smallest absolute Gasteiger partial charge is 0.264 e. The molecule has 10 heteroatoms. The number of hydrogen-bond acceptors (Lipinski definition) is 7. The number of aryl methyl sites for hydroxylation is 2. The zero-order valence-corrected chi connectivity index (χ0v) is 20.5. The highest BCUT2D eigenvalue weighted by Crippen LogP contribution is 2.38. The number of methoxy groups -OCH3 is 1. The number of amides is 1. The largest absolute Gasteiger partial charge is 0.495 e. The zero-order chi connectivity index (χ0) is 24.5. The first-order valence-electron chi connectivity index (χ1n) is 11.0. The highest BCUT2D eigenvalue weighted by Gasteiger charge is 2.41. The molecule has 0 bridgehead atoms. The molecule has 3 aromatic rings. The highest BCUT2D eigenvalue weighted by atomic mass is 32.2. The Morgan fingerprint density at radius 1 is 1.15 bits per heavy atom. The lowest BCUT2D eigenvalue weighted by Gasteiger charge is -2.27. The van der Waals surface area contributed by atoms with Gasteiger partial charge in [0.15, 0.2) is 5.82 Å². The summed E-state index contributed by atoms with van der Waals surface area (Å²) >= 11 is 0. The fourth-order valence-corrected chi connectivity index (χ4v) is 5.58. The fourth-order valence-electron chi connectivity index (χ4n) is 4.35. The van der Waals surface area contributed by atoms with Gasteiger partial charge < -0.3 is 14.6 Å². The van der Waals surface area contributed by atoms with Crippen LogP contribution in [0.25, 0.3) is 0 Å². The Hall–Kier alpha value is -3.40. The van der Waals surface area contributed by atoms with Crippen molar-refractivity contribution in [3.63, 3.8) is 0 Å². The number of sulfonamides is 1. The van der Waals surface area contributed by atoms with Crippen molar-refractivity contribution in [3.05, 3.63) is 65.3 Å². The van der Waals surface area contributed by atoms with Crippen LogP contribution in [-0.4, -0.2) is 38.6 Å². The van der Waals surface area contributed by atoms with E-state index in [1.165, 1.54) is 26.3 Å². The van der Waals surface area contributed by atoms with Crippen molar-refractivity contribution >= 4 is 21.6 Å². The van der Waals surface area contributed by atoms with E-state index in [4.69, 9.17) is 9.26 Å². The number of anilines is 1. The van der Waals surface area contributed by atoms with Crippen LogP contribution in [0.1, 0.15) is 53.3 Å². The Morgan fingerprint density at radius 3 is 2.50 bits per heavy atom. The normalized spacial score (nSPS) is 15.2. The first kappa shape index (κ1) is 23.7. The zero-order valence-electron chi connectivity index (χ0n) is 19.7. The molecule has 0 saturated heterocycles. The molecule has 0 radical (unpaired) electrons. The Kier molecular flexibility index (Phi) is 6.35. The molecule has 1 saturated carbocycles. The van der Waals surface area contributed by atoms with Gasteiger partial charge in [0, 0.05) is 19.5 Å². The summed E-state index contributed by atoms with van der Waals surface area (Å²) in [6.45, 7) is 3.48. The number of rotatable bonds is 7. The van der Waals surface area contributed by atoms with Crippen molar-refractivity contribution in [1.82, 2.24) is 15.5 Å². The Balaban J connectivity index is 1.67. The number of benzene rings is 2. The predicted molar refractivity (Wildman–Crippen MR) is 126 cm³/mol. The summed E-state index contributed by atoms with van der Waals surface area (Å²) in [5.41, 5.74) is 0.605. The SMILES string of the molecule is COc1ccccc1N(C)S(=O)(=O)c1ccc(C)c(C(=O)NC2(c3noc(C)n3)CCCC2)c1. The van der Waals surface area contributed by atoms with Gasteiger partial charge in [0.1, 0.15) is 11.3 Å². The number of ether oxygens (including phenoxy) is 1. The van der Waals surface area contributed by atoms with Gasteiger partial charge >= 0.3 is 0 Å². The van der Waals surface area contributed by atoms with E-state index in [-0.39, 0.29) is 16.4 Å². The standard InChI is InChI=1S/C24H28N4O5S/c1-16-11-12-18(34(30,31)28(3)20-9-5-6-10-21(20)32-4)15-19(16)22(29)26-24(13-7-8-14-24)23-25-17(2)33-27-23/h5-6,9-12,15H,7-8,13-14H2,1-4H3,(H,26,29). The average Bonchev–Trinajstić information content (AvgIpc) is 3.48. The van der Waals surface area contributed by atoms with E-state index in [0.29, 0.717) is 41.6 Å². The molecule has 1 heterocycles. The minimum absolute atomic E-state index is 0.00698. The summed E-state index contributed by atoms with van der Waals surface area (Å²) in [5, 5.41) is 7.14. The van der Waals surface area contributed by atoms with Crippen LogP contribution in [0.5, 0.6) is 5.75 Å². The molecule has 1 aliphatic rings. The lowest BCUT2D eigenvalue weighted by Crippen LogP contribution is -2.45. The van der Waals surface area contributed by atoms with Gasteiger partial charge in [-0.05, 0) is 49.6 Å². The topological polar surface area (TPSA) is 115 Å². The van der Waals surface area contributed by atoms with E-state index in [1.54, 1.807) is 44.2 Å². The molecule has 0 unspecified atom stereocenters. The summed E-state index contributed by atoms with van der Waals surface area (Å²) in [5.74, 6) is 0.934. The van der Waals surface area contributed by atoms with Gasteiger partial charge in [-0.1, -0.05) is 36.2 Å². The maximum Gasteiger partial charge on any atom is 0.264 e. The van der Waals surface area contributed by atoms with Crippen molar-refractivity contribution in [1.29, 1.82) is 0 Å². The van der Waals surface area contributed by atoms with Crippen LogP contribution >= 0.6 is 0 Å². The Labute approximate surface area is 199 Å². The van der Waals surface area contributed by atoms with E-state index in [0.717, 1.165) is 17.1 Å². The van der Waals surface area contributed by atoms with Crippen molar-refractivity contribution in [2.24, 2.45) is 0 Å². The molecule has 180 valence electrons. The van der Waals surface area contributed by atoms with E-state index in [9.17, 15) is 13.2 Å². The Morgan fingerprint density at radius 2 is 1.85 bits per heavy atom. The fraction of sp³-hybridized carbons (Fsp3) is 0.375. The molecule has 34 heavy (non-hydrogen) atoms. The second-order valence-corrected chi connectivity index (χ2v) is 10.5. The summed E-state index contributed by atoms with van der Waals surface area (Å²) < 4.78 is 38.5. The minimum Gasteiger partial charge on any atom is -0.495 e. The van der Waals surface area contributed by atoms with Gasteiger partial charge in [-0.25, -0.2) is 8.42 Å². The molecule has 1 aliphatic carbocycles. The predicted octanol–water partition coefficient (Wildman–Crippen LogP) is 3.72. The first-order chi connectivity index (χ1) is 16.2. The van der Waals surface area contributed by atoms with Gasteiger partial charge in [-0.15, -0.1) is 0 Å². The number of nitrogens with one attached hydrogen (secondary N) is 1. The number of carbonyl (C=O) groups excluding carboxylic acids is 1. The van der Waals surface area contributed by atoms with Crippen molar-refractivity contribution in [3.8, 4) is 5.75 Å². The third-order valence-electron chi connectivity index (χ3n) is 6.30. The summed E-state index contributed by atoms with van der Waals surface area (Å²) in [7, 11) is -1.01. The molecule has 1 fully saturated rings. The first-order valence-corrected chi connectivity index (χ1v) is 12.5. The van der Waals surface area contributed by atoms with Crippen LogP contribution in [0.2, 0.25) is 0 Å². The lowest BCUT2D eigenvalue weighted by atomic mass is 9.95. The van der Waals surface area contributed by atoms with Crippen molar-refractivity contribution in [2.75, 3.05) is 18.5 Å². The molecule has 4 rings (SSSR count). The van der Waals surface area contributed by atoms with Gasteiger partial charge in [0.2, 0.25) is 5.89 Å². The number of para-hydroxylation sites is 2. The highest BCUT2D eigenvalue weighted by molar-refractivity contribution is 7.92. The minimum atomic E-state index is -3.96. The monoisotopic (exact) mass is 484 g/mol. The molecule has 9 nitrogen and oxygen atoms in total. The van der Waals surface area contributed by atoms with Gasteiger partial charge in [-0.3, -0.25) is 9.10 Å². The maximum absolute atomic E-state index is 13.4. The summed E-state index contributed by atoms with van der Waals surface area (Å²) in [4.78, 5) is 17.8. The number of hydrogen-bond donors (Lipinski definition) is 1. The van der Waals surface area contributed by atoms with E-state index in [1.807, 2.05) is 0 Å². The molecule has 1 aromatic heterocycles. The summed E-state index contributed by atoms with van der Waals surface area (Å²) in [6, 6.07) is 11.4. The second kappa shape index (κ2) is 9.09. The van der Waals surface area contributed by atoms with Crippen molar-refractivity contribution < 1.29 is 22.5 Å². The molecular weight excluding hydrogens is 456 g/mol. The lowest BCUT2D eigenvalue weighted by molar-refractivity contribution is 0.0891. The van der Waals surface area contributed by atoms with E-state index >= 15 is 0 Å². The van der Waals surface area contributed by atoms with Gasteiger partial charge in [0.25, 0.3) is 15.9 Å². The van der Waals surface area contributed by atoms with E-state index in [2.05, 4.69) is 15.5 Å². The van der Waals surface area contributed by atoms with E-state index < -0.39 is 15.6 Å². The molecule has 2 aromatic carbocycles. The van der Waals surface area contributed by atoms with Crippen LogP contribution in [0, 0.1) is 13.8 Å². The Bertz CT molecular complexity index is 1310. The van der Waals surface area contributed by atoms with Crippen LogP contribution < -0.4 is 14.4 Å². The number of nitrogens with zero attached hydrogens (tertiary/aromatic N) is 3. The molecule has 0 spiro atoms. The van der Waals surface area contributed by atoms with Crippen LogP contribution in [0.3, 0.4) is 0 Å². The van der Waals surface area contributed by atoms with Gasteiger partial charge in [0.05, 0.1) is 17.7 Å². The third kappa shape index (κ3) is 4.25.